The topological polar surface area (TPSA) is 63.5 Å². The van der Waals surface area contributed by atoms with Crippen molar-refractivity contribution >= 4 is 0 Å². The number of hydrogen-bond acceptors (Lipinski definition) is 3. The smallest absolute Gasteiger partial charge is 0.102 e. The quantitative estimate of drug-likeness (QED) is 0.333. The van der Waals surface area contributed by atoms with Gasteiger partial charge >= 0.3 is 0 Å². The molecule has 0 radical (unpaired) electrons. The highest BCUT2D eigenvalue weighted by molar-refractivity contribution is 4.46. The predicted octanol–water partition coefficient (Wildman–Crippen LogP) is 0.866. The van der Waals surface area contributed by atoms with E-state index >= 15 is 0 Å². The predicted molar refractivity (Wildman–Crippen MR) is 56.5 cm³/mol. The SMILES string of the molecule is CCCCCC[N+]([O-])(CCO)CCO. The van der Waals surface area contributed by atoms with E-state index in [2.05, 4.69) is 6.92 Å². The summed E-state index contributed by atoms with van der Waals surface area (Å²) in [5.74, 6) is 0. The number of hydroxylamine groups is 3. The molecule has 0 aliphatic rings. The molecule has 0 aromatic heterocycles. The normalized spacial score (nSPS) is 12.0. The fourth-order valence-corrected chi connectivity index (χ4v) is 1.53. The van der Waals surface area contributed by atoms with Crippen LogP contribution in [0.1, 0.15) is 32.6 Å². The van der Waals surface area contributed by atoms with E-state index in [4.69, 9.17) is 10.2 Å². The summed E-state index contributed by atoms with van der Waals surface area (Å²) in [4.78, 5) is 0. The molecular weight excluding hydrogens is 182 g/mol. The van der Waals surface area contributed by atoms with Crippen molar-refractivity contribution in [3.63, 3.8) is 0 Å². The van der Waals surface area contributed by atoms with Crippen molar-refractivity contribution in [2.24, 2.45) is 0 Å². The van der Waals surface area contributed by atoms with Crippen molar-refractivity contribution in [1.29, 1.82) is 0 Å². The van der Waals surface area contributed by atoms with E-state index in [1.165, 1.54) is 0 Å². The second-order valence-corrected chi connectivity index (χ2v) is 3.74. The molecule has 0 saturated heterocycles. The molecule has 0 atom stereocenters. The average Bonchev–Trinajstić information content (AvgIpc) is 2.13. The minimum Gasteiger partial charge on any atom is -0.633 e. The van der Waals surface area contributed by atoms with Crippen LogP contribution in [0, 0.1) is 5.21 Å². The first kappa shape index (κ1) is 13.8. The Morgan fingerprint density at radius 2 is 1.50 bits per heavy atom. The van der Waals surface area contributed by atoms with Gasteiger partial charge in [-0.15, -0.1) is 0 Å². The largest absolute Gasteiger partial charge is 0.633 e. The molecule has 0 unspecified atom stereocenters. The number of hydrogen-bond donors (Lipinski definition) is 2. The summed E-state index contributed by atoms with van der Waals surface area (Å²) in [7, 11) is 0. The Kier molecular flexibility index (Phi) is 8.08. The molecule has 14 heavy (non-hydrogen) atoms. The van der Waals surface area contributed by atoms with Crippen molar-refractivity contribution in [3.05, 3.63) is 5.21 Å². The van der Waals surface area contributed by atoms with Crippen LogP contribution in [0.4, 0.5) is 0 Å². The summed E-state index contributed by atoms with van der Waals surface area (Å²) >= 11 is 0. The summed E-state index contributed by atoms with van der Waals surface area (Å²) in [6.45, 7) is 2.84. The molecule has 4 nitrogen and oxygen atoms in total. The zero-order chi connectivity index (χ0) is 10.9. The summed E-state index contributed by atoms with van der Waals surface area (Å²) in [6, 6.07) is 0. The average molecular weight is 205 g/mol. The zero-order valence-electron chi connectivity index (χ0n) is 9.11. The van der Waals surface area contributed by atoms with E-state index in [0.717, 1.165) is 25.7 Å². The lowest BCUT2D eigenvalue weighted by Crippen LogP contribution is -2.47. The Bertz CT molecular complexity index is 125. The van der Waals surface area contributed by atoms with Crippen LogP contribution in [0.25, 0.3) is 0 Å². The van der Waals surface area contributed by atoms with Gasteiger partial charge in [0.15, 0.2) is 0 Å². The molecule has 0 rings (SSSR count). The summed E-state index contributed by atoms with van der Waals surface area (Å²) < 4.78 is -0.448. The van der Waals surface area contributed by atoms with E-state index in [1.54, 1.807) is 0 Å². The molecule has 0 saturated carbocycles. The Morgan fingerprint density at radius 1 is 0.929 bits per heavy atom. The van der Waals surface area contributed by atoms with Crippen LogP contribution >= 0.6 is 0 Å². The van der Waals surface area contributed by atoms with Crippen LogP contribution < -0.4 is 0 Å². The Balaban J connectivity index is 3.71. The molecule has 2 N–H and O–H groups in total. The third kappa shape index (κ3) is 6.32. The van der Waals surface area contributed by atoms with Gasteiger partial charge in [0.05, 0.1) is 19.8 Å². The molecule has 0 aliphatic heterocycles. The molecule has 0 heterocycles. The van der Waals surface area contributed by atoms with E-state index in [-0.39, 0.29) is 26.3 Å². The molecule has 0 aromatic carbocycles. The van der Waals surface area contributed by atoms with Crippen LogP contribution in [0.2, 0.25) is 0 Å². The van der Waals surface area contributed by atoms with Crippen LogP contribution in [-0.4, -0.2) is 47.7 Å². The highest BCUT2D eigenvalue weighted by atomic mass is 16.5. The maximum Gasteiger partial charge on any atom is 0.102 e. The second-order valence-electron chi connectivity index (χ2n) is 3.74. The van der Waals surface area contributed by atoms with E-state index < -0.39 is 4.65 Å². The van der Waals surface area contributed by atoms with Crippen molar-refractivity contribution in [1.82, 2.24) is 0 Å². The molecular formula is C10H23NO3. The van der Waals surface area contributed by atoms with Gasteiger partial charge < -0.3 is 20.1 Å². The fourth-order valence-electron chi connectivity index (χ4n) is 1.53. The Labute approximate surface area is 86.3 Å². The van der Waals surface area contributed by atoms with Gasteiger partial charge in [-0.1, -0.05) is 19.8 Å². The molecule has 0 aliphatic carbocycles. The summed E-state index contributed by atoms with van der Waals surface area (Å²) in [5.41, 5.74) is 0. The van der Waals surface area contributed by atoms with Crippen molar-refractivity contribution in [2.45, 2.75) is 32.6 Å². The van der Waals surface area contributed by atoms with E-state index in [0.29, 0.717) is 6.54 Å². The number of rotatable bonds is 9. The number of aliphatic hydroxyl groups is 2. The highest BCUT2D eigenvalue weighted by Gasteiger charge is 2.14. The Morgan fingerprint density at radius 3 is 1.93 bits per heavy atom. The first-order valence-electron chi connectivity index (χ1n) is 5.47. The van der Waals surface area contributed by atoms with Crippen LogP contribution in [0.5, 0.6) is 0 Å². The van der Waals surface area contributed by atoms with Gasteiger partial charge in [-0.2, -0.15) is 0 Å². The van der Waals surface area contributed by atoms with Gasteiger partial charge in [-0.05, 0) is 12.8 Å². The van der Waals surface area contributed by atoms with Gasteiger partial charge in [0.25, 0.3) is 0 Å². The number of quaternary nitrogens is 1. The monoisotopic (exact) mass is 205 g/mol. The molecule has 0 aromatic rings. The number of aliphatic hydroxyl groups excluding tert-OH is 2. The highest BCUT2D eigenvalue weighted by Crippen LogP contribution is 2.08. The van der Waals surface area contributed by atoms with Crippen LogP contribution in [0.15, 0.2) is 0 Å². The lowest BCUT2D eigenvalue weighted by Gasteiger charge is -2.42. The van der Waals surface area contributed by atoms with Gasteiger partial charge in [0.1, 0.15) is 13.1 Å². The molecule has 0 amide bonds. The standard InChI is InChI=1S/C10H23NO3/c1-2-3-4-5-6-11(14,7-9-12)8-10-13/h12-13H,2-10H2,1H3. The second kappa shape index (κ2) is 8.17. The summed E-state index contributed by atoms with van der Waals surface area (Å²) in [5, 5.41) is 29.4. The van der Waals surface area contributed by atoms with Crippen molar-refractivity contribution in [3.8, 4) is 0 Å². The number of unbranched alkanes of at least 4 members (excludes halogenated alkanes) is 3. The minimum absolute atomic E-state index is 0.0999. The third-order valence-corrected chi connectivity index (χ3v) is 2.43. The first-order chi connectivity index (χ1) is 6.68. The van der Waals surface area contributed by atoms with Crippen LogP contribution in [-0.2, 0) is 0 Å². The molecule has 4 heteroatoms. The number of nitrogens with zero attached hydrogens (tertiary/aromatic N) is 1. The fraction of sp³-hybridized carbons (Fsp3) is 1.00. The van der Waals surface area contributed by atoms with Crippen molar-refractivity contribution < 1.29 is 14.9 Å². The Hall–Kier alpha value is -0.160. The van der Waals surface area contributed by atoms with Gasteiger partial charge in [-0.3, -0.25) is 0 Å². The maximum absolute atomic E-state index is 11.9. The van der Waals surface area contributed by atoms with E-state index in [1.807, 2.05) is 0 Å². The molecule has 86 valence electrons. The lowest BCUT2D eigenvalue weighted by molar-refractivity contribution is -0.881. The van der Waals surface area contributed by atoms with Gasteiger partial charge in [-0.25, -0.2) is 0 Å². The lowest BCUT2D eigenvalue weighted by atomic mass is 10.2. The van der Waals surface area contributed by atoms with Crippen LogP contribution in [0.3, 0.4) is 0 Å². The van der Waals surface area contributed by atoms with Crippen molar-refractivity contribution in [2.75, 3.05) is 32.8 Å². The molecule has 0 fully saturated rings. The van der Waals surface area contributed by atoms with Gasteiger partial charge in [0, 0.05) is 0 Å². The van der Waals surface area contributed by atoms with Gasteiger partial charge in [0.2, 0.25) is 0 Å². The third-order valence-electron chi connectivity index (χ3n) is 2.43. The maximum atomic E-state index is 11.9. The van der Waals surface area contributed by atoms with E-state index in [9.17, 15) is 5.21 Å². The minimum atomic E-state index is -0.448. The zero-order valence-corrected chi connectivity index (χ0v) is 9.11. The summed E-state index contributed by atoms with van der Waals surface area (Å²) in [6.07, 6.45) is 4.25. The molecule has 0 spiro atoms. The first-order valence-corrected chi connectivity index (χ1v) is 5.47. The molecule has 0 bridgehead atoms.